The Bertz CT molecular complexity index is 932. The fourth-order valence-corrected chi connectivity index (χ4v) is 3.09. The molecule has 1 heterocycles. The molecule has 0 aliphatic heterocycles. The van der Waals surface area contributed by atoms with Crippen molar-refractivity contribution in [2.75, 3.05) is 0 Å². The van der Waals surface area contributed by atoms with Gasteiger partial charge in [-0.1, -0.05) is 48.5 Å². The van der Waals surface area contributed by atoms with E-state index in [-0.39, 0.29) is 0 Å². The van der Waals surface area contributed by atoms with Crippen molar-refractivity contribution in [3.8, 4) is 0 Å². The average molecular weight is 257 g/mol. The Hall–Kier alpha value is -2.41. The summed E-state index contributed by atoms with van der Waals surface area (Å²) < 4.78 is 0. The Kier molecular flexibility index (Phi) is 2.31. The first-order chi connectivity index (χ1) is 9.77. The molecule has 3 aromatic carbocycles. The lowest BCUT2D eigenvalue weighted by Crippen LogP contribution is -1.91. The monoisotopic (exact) mass is 257 g/mol. The largest absolute Gasteiger partial charge is 0.255 e. The molecule has 1 nitrogen and oxygen atoms in total. The van der Waals surface area contributed by atoms with E-state index < -0.39 is 0 Å². The van der Waals surface area contributed by atoms with Gasteiger partial charge in [0.1, 0.15) is 0 Å². The maximum Gasteiger partial charge on any atom is 0.0789 e. The van der Waals surface area contributed by atoms with E-state index in [0.29, 0.717) is 0 Å². The summed E-state index contributed by atoms with van der Waals surface area (Å²) in [6, 6.07) is 17.2. The molecule has 20 heavy (non-hydrogen) atoms. The van der Waals surface area contributed by atoms with Gasteiger partial charge < -0.3 is 0 Å². The average Bonchev–Trinajstić information content (AvgIpc) is 2.50. The molecule has 0 fully saturated rings. The van der Waals surface area contributed by atoms with Crippen LogP contribution >= 0.6 is 0 Å². The molecule has 0 radical (unpaired) electrons. The highest BCUT2D eigenvalue weighted by atomic mass is 14.7. The fourth-order valence-electron chi connectivity index (χ4n) is 3.09. The Labute approximate surface area is 117 Å². The van der Waals surface area contributed by atoms with Gasteiger partial charge in [-0.25, -0.2) is 0 Å². The van der Waals surface area contributed by atoms with Crippen LogP contribution in [0.2, 0.25) is 0 Å². The van der Waals surface area contributed by atoms with Crippen molar-refractivity contribution in [1.82, 2.24) is 4.98 Å². The van der Waals surface area contributed by atoms with E-state index in [1.807, 2.05) is 6.20 Å². The zero-order valence-electron chi connectivity index (χ0n) is 11.6. The van der Waals surface area contributed by atoms with Gasteiger partial charge in [0.2, 0.25) is 0 Å². The Morgan fingerprint density at radius 3 is 1.95 bits per heavy atom. The molecule has 0 saturated heterocycles. The smallest absolute Gasteiger partial charge is 0.0789 e. The molecule has 4 rings (SSSR count). The van der Waals surface area contributed by atoms with Crippen LogP contribution in [0.5, 0.6) is 0 Å². The topological polar surface area (TPSA) is 12.9 Å². The van der Waals surface area contributed by atoms with E-state index >= 15 is 0 Å². The minimum Gasteiger partial charge on any atom is -0.255 e. The van der Waals surface area contributed by atoms with Gasteiger partial charge in [0.05, 0.1) is 5.52 Å². The van der Waals surface area contributed by atoms with Gasteiger partial charge in [-0.05, 0) is 41.1 Å². The van der Waals surface area contributed by atoms with Gasteiger partial charge in [-0.2, -0.15) is 0 Å². The molecule has 1 aromatic heterocycles. The number of rotatable bonds is 0. The lowest BCUT2D eigenvalue weighted by molar-refractivity contribution is 1.29. The minimum absolute atomic E-state index is 1.11. The summed E-state index contributed by atoms with van der Waals surface area (Å²) in [6.45, 7) is 4.33. The first-order valence-electron chi connectivity index (χ1n) is 6.93. The molecule has 0 spiro atoms. The van der Waals surface area contributed by atoms with Crippen molar-refractivity contribution in [3.63, 3.8) is 0 Å². The summed E-state index contributed by atoms with van der Waals surface area (Å²) in [7, 11) is 0. The predicted molar refractivity (Wildman–Crippen MR) is 86.2 cm³/mol. The van der Waals surface area contributed by atoms with Crippen molar-refractivity contribution >= 4 is 32.4 Å². The SMILES string of the molecule is Cc1cnc2c3ccccc3c3ccccc3c2c1C. The van der Waals surface area contributed by atoms with Crippen molar-refractivity contribution in [2.24, 2.45) is 0 Å². The number of fused-ring (bicyclic) bond motifs is 6. The van der Waals surface area contributed by atoms with Crippen molar-refractivity contribution < 1.29 is 0 Å². The van der Waals surface area contributed by atoms with E-state index in [0.717, 1.165) is 5.52 Å². The molecule has 0 unspecified atom stereocenters. The minimum atomic E-state index is 1.11. The molecule has 0 aliphatic carbocycles. The summed E-state index contributed by atoms with van der Waals surface area (Å²) in [5.74, 6) is 0. The summed E-state index contributed by atoms with van der Waals surface area (Å²) in [6.07, 6.45) is 1.98. The molecule has 4 aromatic rings. The van der Waals surface area contributed by atoms with Crippen LogP contribution in [0.25, 0.3) is 32.4 Å². The molecular formula is C19H15N. The fraction of sp³-hybridized carbons (Fsp3) is 0.105. The van der Waals surface area contributed by atoms with Gasteiger partial charge in [0, 0.05) is 17.0 Å². The van der Waals surface area contributed by atoms with Crippen LogP contribution in [0.4, 0.5) is 0 Å². The third kappa shape index (κ3) is 1.41. The summed E-state index contributed by atoms with van der Waals surface area (Å²) in [4.78, 5) is 4.72. The molecule has 0 bridgehead atoms. The summed E-state index contributed by atoms with van der Waals surface area (Å²) >= 11 is 0. The summed E-state index contributed by atoms with van der Waals surface area (Å²) in [5, 5.41) is 6.43. The van der Waals surface area contributed by atoms with Gasteiger partial charge in [0.25, 0.3) is 0 Å². The molecule has 0 aliphatic rings. The highest BCUT2D eigenvalue weighted by Crippen LogP contribution is 2.35. The molecule has 0 amide bonds. The molecular weight excluding hydrogens is 242 g/mol. The Morgan fingerprint density at radius 2 is 1.25 bits per heavy atom. The third-order valence-corrected chi connectivity index (χ3v) is 4.26. The van der Waals surface area contributed by atoms with Gasteiger partial charge >= 0.3 is 0 Å². The van der Waals surface area contributed by atoms with E-state index in [1.165, 1.54) is 38.1 Å². The molecule has 0 atom stereocenters. The zero-order valence-corrected chi connectivity index (χ0v) is 11.6. The van der Waals surface area contributed by atoms with Crippen LogP contribution in [0.1, 0.15) is 11.1 Å². The van der Waals surface area contributed by atoms with Gasteiger partial charge in [-0.3, -0.25) is 4.98 Å². The van der Waals surface area contributed by atoms with Crippen molar-refractivity contribution in [3.05, 3.63) is 65.9 Å². The predicted octanol–water partition coefficient (Wildman–Crippen LogP) is 5.16. The second-order valence-corrected chi connectivity index (χ2v) is 5.38. The molecule has 1 heteroatoms. The van der Waals surface area contributed by atoms with Crippen LogP contribution in [-0.2, 0) is 0 Å². The van der Waals surface area contributed by atoms with Crippen LogP contribution in [-0.4, -0.2) is 4.98 Å². The normalized spacial score (nSPS) is 11.5. The zero-order chi connectivity index (χ0) is 13.7. The van der Waals surface area contributed by atoms with Gasteiger partial charge in [0.15, 0.2) is 0 Å². The Balaban J connectivity index is 2.46. The number of aryl methyl sites for hydroxylation is 2. The lowest BCUT2D eigenvalue weighted by atomic mass is 9.94. The molecule has 0 N–H and O–H groups in total. The maximum atomic E-state index is 4.72. The van der Waals surface area contributed by atoms with Crippen LogP contribution in [0, 0.1) is 13.8 Å². The van der Waals surface area contributed by atoms with Crippen molar-refractivity contribution in [1.29, 1.82) is 0 Å². The standard InChI is InChI=1S/C19H15N/c1-12-11-20-19-17-10-6-4-8-15(17)14-7-3-5-9-16(14)18(19)13(12)2/h3-11H,1-2H3. The first-order valence-corrected chi connectivity index (χ1v) is 6.93. The summed E-state index contributed by atoms with van der Waals surface area (Å²) in [5.41, 5.74) is 3.69. The number of pyridine rings is 1. The number of aromatic nitrogens is 1. The highest BCUT2D eigenvalue weighted by Gasteiger charge is 2.11. The van der Waals surface area contributed by atoms with E-state index in [1.54, 1.807) is 0 Å². The second kappa shape index (κ2) is 4.04. The van der Waals surface area contributed by atoms with Crippen LogP contribution in [0.3, 0.4) is 0 Å². The number of benzene rings is 3. The lowest BCUT2D eigenvalue weighted by Gasteiger charge is -2.12. The molecule has 0 saturated carbocycles. The number of nitrogens with zero attached hydrogens (tertiary/aromatic N) is 1. The molecule has 96 valence electrons. The van der Waals surface area contributed by atoms with Gasteiger partial charge in [-0.15, -0.1) is 0 Å². The van der Waals surface area contributed by atoms with Crippen LogP contribution < -0.4 is 0 Å². The number of hydrogen-bond acceptors (Lipinski definition) is 1. The van der Waals surface area contributed by atoms with Crippen molar-refractivity contribution in [2.45, 2.75) is 13.8 Å². The first kappa shape index (κ1) is 11.4. The number of hydrogen-bond donors (Lipinski definition) is 0. The van der Waals surface area contributed by atoms with E-state index in [4.69, 9.17) is 4.98 Å². The van der Waals surface area contributed by atoms with Crippen LogP contribution in [0.15, 0.2) is 54.7 Å². The quantitative estimate of drug-likeness (QED) is 0.397. The maximum absolute atomic E-state index is 4.72. The second-order valence-electron chi connectivity index (χ2n) is 5.38. The van der Waals surface area contributed by atoms with E-state index in [9.17, 15) is 0 Å². The third-order valence-electron chi connectivity index (χ3n) is 4.26. The van der Waals surface area contributed by atoms with E-state index in [2.05, 4.69) is 62.4 Å². The Morgan fingerprint density at radius 1 is 0.700 bits per heavy atom. The highest BCUT2D eigenvalue weighted by molar-refractivity contribution is 6.24.